The van der Waals surface area contributed by atoms with Crippen LogP contribution in [0, 0.1) is 17.2 Å². The molecule has 4 rings (SSSR count). The van der Waals surface area contributed by atoms with Crippen LogP contribution in [0.1, 0.15) is 75.6 Å². The minimum Gasteiger partial charge on any atom is -0.481 e. The van der Waals surface area contributed by atoms with E-state index in [1.54, 1.807) is 0 Å². The summed E-state index contributed by atoms with van der Waals surface area (Å²) in [6, 6.07) is 8.75. The molecule has 1 aromatic heterocycles. The summed E-state index contributed by atoms with van der Waals surface area (Å²) in [6.45, 7) is 2.10. The number of benzene rings is 1. The molecule has 1 N–H and O–H groups in total. The predicted molar refractivity (Wildman–Crippen MR) is 109 cm³/mol. The first kappa shape index (κ1) is 19.6. The highest BCUT2D eigenvalue weighted by atomic mass is 16.4. The highest BCUT2D eigenvalue weighted by molar-refractivity contribution is 5.99. The molecule has 0 amide bonds. The molecule has 6 nitrogen and oxygen atoms in total. The molecule has 2 saturated carbocycles. The zero-order valence-electron chi connectivity index (χ0n) is 16.9. The number of hydrogen-bond acceptors (Lipinski definition) is 4. The minimum atomic E-state index is -1.13. The number of hydrogen-bond donors (Lipinski definition) is 1. The molecule has 0 saturated heterocycles. The number of carbonyl (C=O) groups is 2. The monoisotopic (exact) mass is 393 g/mol. The lowest BCUT2D eigenvalue weighted by Gasteiger charge is -2.33. The summed E-state index contributed by atoms with van der Waals surface area (Å²) >= 11 is 0. The molecule has 0 bridgehead atoms. The fourth-order valence-electron chi connectivity index (χ4n) is 5.09. The van der Waals surface area contributed by atoms with Crippen LogP contribution in [-0.4, -0.2) is 26.6 Å². The van der Waals surface area contributed by atoms with Crippen LogP contribution < -0.4 is 0 Å². The lowest BCUT2D eigenvalue weighted by atomic mass is 9.66. The molecule has 2 atom stereocenters. The second-order valence-electron chi connectivity index (χ2n) is 8.52. The predicted octanol–water partition coefficient (Wildman–Crippen LogP) is 4.32. The number of carboxylic acids is 1. The van der Waals surface area contributed by atoms with Gasteiger partial charge in [0.25, 0.3) is 0 Å². The standard InChI is InChI=1S/C23H27N3O3/c1-2-19-17-9-8-15(12-20(17)26(25-19)16-6-4-3-5-7-16)23(14-24)11-10-21(27)18(13-23)22(28)29/h8-9,12,16,18H,2-7,10-11,13H2,1H3,(H,28,29). The van der Waals surface area contributed by atoms with Crippen molar-refractivity contribution < 1.29 is 14.7 Å². The molecule has 0 radical (unpaired) electrons. The number of nitrogens with zero attached hydrogens (tertiary/aromatic N) is 3. The van der Waals surface area contributed by atoms with Crippen LogP contribution in [0.2, 0.25) is 0 Å². The third-order valence-corrected chi connectivity index (χ3v) is 6.84. The Morgan fingerprint density at radius 1 is 1.34 bits per heavy atom. The highest BCUT2D eigenvalue weighted by Crippen LogP contribution is 2.42. The molecule has 2 aliphatic rings. The summed E-state index contributed by atoms with van der Waals surface area (Å²) in [5, 5.41) is 25.5. The van der Waals surface area contributed by atoms with Gasteiger partial charge in [0.05, 0.1) is 28.7 Å². The second-order valence-corrected chi connectivity index (χ2v) is 8.52. The summed E-state index contributed by atoms with van der Waals surface area (Å²) in [5.41, 5.74) is 1.96. The van der Waals surface area contributed by atoms with Gasteiger partial charge in [0, 0.05) is 11.8 Å². The van der Waals surface area contributed by atoms with Gasteiger partial charge in [-0.25, -0.2) is 0 Å². The van der Waals surface area contributed by atoms with Gasteiger partial charge in [-0.05, 0) is 43.7 Å². The number of aryl methyl sites for hydroxylation is 1. The maximum Gasteiger partial charge on any atom is 0.314 e. The summed E-state index contributed by atoms with van der Waals surface area (Å²) in [5.74, 6) is -2.51. The van der Waals surface area contributed by atoms with Gasteiger partial charge in [-0.3, -0.25) is 14.3 Å². The van der Waals surface area contributed by atoms with Crippen molar-refractivity contribution in [3.05, 3.63) is 29.5 Å². The molecule has 152 valence electrons. The Hall–Kier alpha value is -2.68. The average Bonchev–Trinajstić information content (AvgIpc) is 3.13. The Kier molecular flexibility index (Phi) is 5.16. The van der Waals surface area contributed by atoms with Crippen molar-refractivity contribution >= 4 is 22.7 Å². The molecule has 2 unspecified atom stereocenters. The van der Waals surface area contributed by atoms with Crippen molar-refractivity contribution in [2.75, 3.05) is 0 Å². The van der Waals surface area contributed by atoms with Crippen LogP contribution in [0.5, 0.6) is 0 Å². The Bertz CT molecular complexity index is 997. The van der Waals surface area contributed by atoms with Crippen molar-refractivity contribution in [1.82, 2.24) is 9.78 Å². The molecular formula is C23H27N3O3. The van der Waals surface area contributed by atoms with Crippen LogP contribution in [0.25, 0.3) is 10.9 Å². The average molecular weight is 393 g/mol. The molecule has 2 fully saturated rings. The molecule has 1 aromatic carbocycles. The first-order chi connectivity index (χ1) is 14.0. The third kappa shape index (κ3) is 3.33. The van der Waals surface area contributed by atoms with Gasteiger partial charge in [-0.2, -0.15) is 10.4 Å². The number of fused-ring (bicyclic) bond motifs is 1. The van der Waals surface area contributed by atoms with E-state index in [-0.39, 0.29) is 18.6 Å². The maximum atomic E-state index is 12.1. The van der Waals surface area contributed by atoms with Gasteiger partial charge in [-0.1, -0.05) is 38.3 Å². The van der Waals surface area contributed by atoms with Crippen LogP contribution in [-0.2, 0) is 21.4 Å². The minimum absolute atomic E-state index is 0.0430. The molecule has 29 heavy (non-hydrogen) atoms. The number of carboxylic acid groups (broad SMARTS) is 1. The van der Waals surface area contributed by atoms with Gasteiger partial charge in [0.1, 0.15) is 11.7 Å². The lowest BCUT2D eigenvalue weighted by molar-refractivity contribution is -0.148. The number of nitriles is 1. The normalized spacial score (nSPS) is 25.8. The van der Waals surface area contributed by atoms with E-state index in [9.17, 15) is 20.0 Å². The largest absolute Gasteiger partial charge is 0.481 e. The third-order valence-electron chi connectivity index (χ3n) is 6.84. The first-order valence-corrected chi connectivity index (χ1v) is 10.7. The van der Waals surface area contributed by atoms with Crippen molar-refractivity contribution in [3.63, 3.8) is 0 Å². The molecular weight excluding hydrogens is 366 g/mol. The van der Waals surface area contributed by atoms with E-state index in [0.29, 0.717) is 12.5 Å². The van der Waals surface area contributed by atoms with Crippen molar-refractivity contribution in [2.24, 2.45) is 5.92 Å². The van der Waals surface area contributed by atoms with Crippen LogP contribution in [0.4, 0.5) is 0 Å². The molecule has 0 spiro atoms. The van der Waals surface area contributed by atoms with Crippen molar-refractivity contribution in [3.8, 4) is 6.07 Å². The topological polar surface area (TPSA) is 96.0 Å². The zero-order valence-corrected chi connectivity index (χ0v) is 16.9. The van der Waals surface area contributed by atoms with Gasteiger partial charge < -0.3 is 5.11 Å². The van der Waals surface area contributed by atoms with E-state index in [1.807, 2.05) is 18.2 Å². The SMILES string of the molecule is CCc1nn(C2CCCCC2)c2cc(C3(C#N)CCC(=O)C(C(=O)O)C3)ccc12. The number of carbonyl (C=O) groups excluding carboxylic acids is 1. The Morgan fingerprint density at radius 2 is 2.10 bits per heavy atom. The highest BCUT2D eigenvalue weighted by Gasteiger charge is 2.45. The van der Waals surface area contributed by atoms with E-state index in [2.05, 4.69) is 17.7 Å². The summed E-state index contributed by atoms with van der Waals surface area (Å²) in [7, 11) is 0. The summed E-state index contributed by atoms with van der Waals surface area (Å²) < 4.78 is 2.14. The quantitative estimate of drug-likeness (QED) is 0.781. The van der Waals surface area contributed by atoms with E-state index in [4.69, 9.17) is 5.10 Å². The lowest BCUT2D eigenvalue weighted by Crippen LogP contribution is -2.40. The molecule has 6 heteroatoms. The van der Waals surface area contributed by atoms with E-state index < -0.39 is 17.3 Å². The van der Waals surface area contributed by atoms with E-state index >= 15 is 0 Å². The maximum absolute atomic E-state index is 12.1. The number of rotatable bonds is 4. The van der Waals surface area contributed by atoms with Gasteiger partial charge >= 0.3 is 5.97 Å². The van der Waals surface area contributed by atoms with Gasteiger partial charge in [-0.15, -0.1) is 0 Å². The molecule has 2 aromatic rings. The Balaban J connectivity index is 1.80. The van der Waals surface area contributed by atoms with Crippen LogP contribution in [0.3, 0.4) is 0 Å². The number of aromatic nitrogens is 2. The first-order valence-electron chi connectivity index (χ1n) is 10.7. The fraction of sp³-hybridized carbons (Fsp3) is 0.565. The van der Waals surface area contributed by atoms with Gasteiger partial charge in [0.2, 0.25) is 0 Å². The van der Waals surface area contributed by atoms with Gasteiger partial charge in [0.15, 0.2) is 0 Å². The Labute approximate surface area is 170 Å². The number of Topliss-reactive ketones (excluding diaryl/α,β-unsaturated/α-hetero) is 1. The summed E-state index contributed by atoms with van der Waals surface area (Å²) in [6.07, 6.45) is 7.29. The molecule has 0 aliphatic heterocycles. The number of ketones is 1. The molecule has 2 aliphatic carbocycles. The van der Waals surface area contributed by atoms with E-state index in [1.165, 1.54) is 19.3 Å². The number of aliphatic carboxylic acids is 1. The molecule has 1 heterocycles. The van der Waals surface area contributed by atoms with Crippen LogP contribution in [0.15, 0.2) is 18.2 Å². The fourth-order valence-corrected chi connectivity index (χ4v) is 5.09. The van der Waals surface area contributed by atoms with Crippen LogP contribution >= 0.6 is 0 Å². The van der Waals surface area contributed by atoms with Crippen molar-refractivity contribution in [2.45, 2.75) is 76.2 Å². The van der Waals surface area contributed by atoms with E-state index in [0.717, 1.165) is 41.4 Å². The Morgan fingerprint density at radius 3 is 2.76 bits per heavy atom. The zero-order chi connectivity index (χ0) is 20.6. The smallest absolute Gasteiger partial charge is 0.314 e. The second kappa shape index (κ2) is 7.62. The van der Waals surface area contributed by atoms with Crippen molar-refractivity contribution in [1.29, 1.82) is 5.26 Å². The summed E-state index contributed by atoms with van der Waals surface area (Å²) in [4.78, 5) is 23.7.